The van der Waals surface area contributed by atoms with Crippen molar-refractivity contribution in [2.75, 3.05) is 44.6 Å². The first kappa shape index (κ1) is 19.6. The Morgan fingerprint density at radius 3 is 2.73 bits per heavy atom. The number of rotatable bonds is 6. The van der Waals surface area contributed by atoms with Gasteiger partial charge < -0.3 is 10.1 Å². The Hall–Kier alpha value is -2.38. The van der Waals surface area contributed by atoms with Gasteiger partial charge in [0, 0.05) is 45.2 Å². The predicted molar refractivity (Wildman–Crippen MR) is 116 cm³/mol. The van der Waals surface area contributed by atoms with Crippen LogP contribution in [0.1, 0.15) is 42.9 Å². The van der Waals surface area contributed by atoms with Crippen LogP contribution in [-0.2, 0) is 17.8 Å². The van der Waals surface area contributed by atoms with E-state index >= 15 is 0 Å². The number of carbonyl (C=O) groups is 1. The lowest BCUT2D eigenvalue weighted by atomic mass is 10.1. The van der Waals surface area contributed by atoms with Gasteiger partial charge in [0.1, 0.15) is 11.6 Å². The Morgan fingerprint density at radius 2 is 1.90 bits per heavy atom. The van der Waals surface area contributed by atoms with E-state index in [0.717, 1.165) is 70.2 Å². The standard InChI is InChI=1S/C23H31N5O2/c29-23(25-22-7-9-24-28(22)20-3-1-2-4-20)17-27-12-10-26(11-13-27)16-18-5-6-21-19(15-18)8-14-30-21/h5-7,9,15,20H,1-4,8,10-14,16-17H2,(H,25,29). The summed E-state index contributed by atoms with van der Waals surface area (Å²) in [6.45, 7) is 6.03. The summed E-state index contributed by atoms with van der Waals surface area (Å²) in [5.41, 5.74) is 2.69. The smallest absolute Gasteiger partial charge is 0.239 e. The highest BCUT2D eigenvalue weighted by atomic mass is 16.5. The van der Waals surface area contributed by atoms with E-state index in [1.807, 2.05) is 10.7 Å². The van der Waals surface area contributed by atoms with Crippen LogP contribution in [0.25, 0.3) is 0 Å². The summed E-state index contributed by atoms with van der Waals surface area (Å²) in [6.07, 6.45) is 7.62. The maximum Gasteiger partial charge on any atom is 0.239 e. The molecule has 0 bridgehead atoms. The number of hydrogen-bond donors (Lipinski definition) is 1. The van der Waals surface area contributed by atoms with Gasteiger partial charge >= 0.3 is 0 Å². The first-order chi connectivity index (χ1) is 14.7. The number of benzene rings is 1. The van der Waals surface area contributed by atoms with Gasteiger partial charge in [-0.15, -0.1) is 0 Å². The Bertz CT molecular complexity index is 881. The minimum absolute atomic E-state index is 0.0572. The molecule has 3 heterocycles. The molecule has 0 unspecified atom stereocenters. The van der Waals surface area contributed by atoms with E-state index in [9.17, 15) is 4.79 Å². The molecule has 7 heteroatoms. The van der Waals surface area contributed by atoms with Gasteiger partial charge in [-0.1, -0.05) is 25.0 Å². The van der Waals surface area contributed by atoms with Crippen LogP contribution in [0.15, 0.2) is 30.5 Å². The fourth-order valence-electron chi connectivity index (χ4n) is 4.94. The molecule has 5 rings (SSSR count). The second-order valence-electron chi connectivity index (χ2n) is 8.74. The molecule has 0 radical (unpaired) electrons. The molecule has 160 valence electrons. The monoisotopic (exact) mass is 409 g/mol. The van der Waals surface area contributed by atoms with Crippen LogP contribution in [-0.4, -0.2) is 64.8 Å². The summed E-state index contributed by atoms with van der Waals surface area (Å²) >= 11 is 0. The molecule has 1 saturated carbocycles. The summed E-state index contributed by atoms with van der Waals surface area (Å²) in [7, 11) is 0. The number of ether oxygens (including phenoxy) is 1. The molecule has 3 aliphatic rings. The number of carbonyl (C=O) groups excluding carboxylic acids is 1. The third kappa shape index (κ3) is 4.37. The molecule has 1 saturated heterocycles. The van der Waals surface area contributed by atoms with Crippen molar-refractivity contribution in [3.05, 3.63) is 41.6 Å². The van der Waals surface area contributed by atoms with Crippen molar-refractivity contribution < 1.29 is 9.53 Å². The normalized spacial score (nSPS) is 20.3. The largest absolute Gasteiger partial charge is 0.493 e. The number of piperazine rings is 1. The summed E-state index contributed by atoms with van der Waals surface area (Å²) in [5, 5.41) is 7.53. The Labute approximate surface area is 178 Å². The zero-order chi connectivity index (χ0) is 20.3. The van der Waals surface area contributed by atoms with Gasteiger partial charge in [0.25, 0.3) is 0 Å². The van der Waals surface area contributed by atoms with E-state index in [1.165, 1.54) is 24.0 Å². The molecule has 0 atom stereocenters. The van der Waals surface area contributed by atoms with Crippen molar-refractivity contribution in [3.8, 4) is 5.75 Å². The summed E-state index contributed by atoms with van der Waals surface area (Å²) in [6, 6.07) is 8.92. The van der Waals surface area contributed by atoms with Crippen LogP contribution in [0, 0.1) is 0 Å². The van der Waals surface area contributed by atoms with Gasteiger partial charge in [-0.25, -0.2) is 4.68 Å². The third-order valence-electron chi connectivity index (χ3n) is 6.60. The second-order valence-corrected chi connectivity index (χ2v) is 8.74. The fourth-order valence-corrected chi connectivity index (χ4v) is 4.94. The summed E-state index contributed by atoms with van der Waals surface area (Å²) in [5.74, 6) is 1.94. The van der Waals surface area contributed by atoms with Crippen molar-refractivity contribution in [3.63, 3.8) is 0 Å². The Kier molecular flexibility index (Phi) is 5.73. The lowest BCUT2D eigenvalue weighted by molar-refractivity contribution is -0.117. The van der Waals surface area contributed by atoms with Crippen LogP contribution >= 0.6 is 0 Å². The molecule has 2 aromatic rings. The zero-order valence-electron chi connectivity index (χ0n) is 17.6. The summed E-state index contributed by atoms with van der Waals surface area (Å²) < 4.78 is 7.61. The maximum absolute atomic E-state index is 12.6. The average molecular weight is 410 g/mol. The van der Waals surface area contributed by atoms with Crippen molar-refractivity contribution >= 4 is 11.7 Å². The third-order valence-corrected chi connectivity index (χ3v) is 6.60. The van der Waals surface area contributed by atoms with E-state index in [0.29, 0.717) is 12.6 Å². The van der Waals surface area contributed by atoms with Crippen molar-refractivity contribution in [1.82, 2.24) is 19.6 Å². The molecule has 1 aromatic heterocycles. The SMILES string of the molecule is O=C(CN1CCN(Cc2ccc3c(c2)CCO3)CC1)Nc1ccnn1C1CCCC1. The molecule has 1 aliphatic carbocycles. The van der Waals surface area contributed by atoms with E-state index in [4.69, 9.17) is 4.74 Å². The van der Waals surface area contributed by atoms with E-state index < -0.39 is 0 Å². The first-order valence-corrected chi connectivity index (χ1v) is 11.3. The van der Waals surface area contributed by atoms with Crippen molar-refractivity contribution in [1.29, 1.82) is 0 Å². The molecule has 0 spiro atoms. The van der Waals surface area contributed by atoms with Crippen LogP contribution in [0.4, 0.5) is 5.82 Å². The van der Waals surface area contributed by atoms with Gasteiger partial charge in [0.05, 0.1) is 25.4 Å². The molecule has 1 amide bonds. The quantitative estimate of drug-likeness (QED) is 0.795. The number of aromatic nitrogens is 2. The molecule has 1 N–H and O–H groups in total. The first-order valence-electron chi connectivity index (χ1n) is 11.3. The molecule has 2 aliphatic heterocycles. The molecule has 7 nitrogen and oxygen atoms in total. The number of amides is 1. The van der Waals surface area contributed by atoms with Crippen LogP contribution in [0.5, 0.6) is 5.75 Å². The number of hydrogen-bond acceptors (Lipinski definition) is 5. The van der Waals surface area contributed by atoms with Gasteiger partial charge in [-0.3, -0.25) is 14.6 Å². The molecule has 30 heavy (non-hydrogen) atoms. The van der Waals surface area contributed by atoms with E-state index in [1.54, 1.807) is 6.20 Å². The number of nitrogens with one attached hydrogen (secondary N) is 1. The van der Waals surface area contributed by atoms with Crippen molar-refractivity contribution in [2.45, 2.75) is 44.7 Å². The van der Waals surface area contributed by atoms with Crippen molar-refractivity contribution in [2.24, 2.45) is 0 Å². The number of anilines is 1. The van der Waals surface area contributed by atoms with Crippen LogP contribution in [0.2, 0.25) is 0 Å². The zero-order valence-corrected chi connectivity index (χ0v) is 17.6. The Balaban J connectivity index is 1.09. The summed E-state index contributed by atoms with van der Waals surface area (Å²) in [4.78, 5) is 17.3. The molecular formula is C23H31N5O2. The van der Waals surface area contributed by atoms with Gasteiger partial charge in [0.15, 0.2) is 0 Å². The average Bonchev–Trinajstić information content (AvgIpc) is 3.50. The predicted octanol–water partition coefficient (Wildman–Crippen LogP) is 2.69. The highest BCUT2D eigenvalue weighted by molar-refractivity contribution is 5.91. The van der Waals surface area contributed by atoms with Gasteiger partial charge in [-0.2, -0.15) is 5.10 Å². The molecule has 1 aromatic carbocycles. The lowest BCUT2D eigenvalue weighted by Crippen LogP contribution is -2.48. The minimum Gasteiger partial charge on any atom is -0.493 e. The Morgan fingerprint density at radius 1 is 1.10 bits per heavy atom. The number of fused-ring (bicyclic) bond motifs is 1. The minimum atomic E-state index is 0.0572. The highest BCUT2D eigenvalue weighted by Crippen LogP contribution is 2.31. The fraction of sp³-hybridized carbons (Fsp3) is 0.565. The topological polar surface area (TPSA) is 62.6 Å². The van der Waals surface area contributed by atoms with Crippen LogP contribution in [0.3, 0.4) is 0 Å². The van der Waals surface area contributed by atoms with Gasteiger partial charge in [0.2, 0.25) is 5.91 Å². The molecule has 2 fully saturated rings. The van der Waals surface area contributed by atoms with E-state index in [2.05, 4.69) is 38.4 Å². The van der Waals surface area contributed by atoms with E-state index in [-0.39, 0.29) is 5.91 Å². The second kappa shape index (κ2) is 8.78. The van der Waals surface area contributed by atoms with Gasteiger partial charge in [-0.05, 0) is 30.0 Å². The lowest BCUT2D eigenvalue weighted by Gasteiger charge is -2.34. The maximum atomic E-state index is 12.6. The number of nitrogens with zero attached hydrogens (tertiary/aromatic N) is 4. The van der Waals surface area contributed by atoms with Crippen LogP contribution < -0.4 is 10.1 Å². The highest BCUT2D eigenvalue weighted by Gasteiger charge is 2.23. The molecular weight excluding hydrogens is 378 g/mol.